The molecule has 0 amide bonds. The van der Waals surface area contributed by atoms with Crippen LogP contribution in [-0.2, 0) is 19.5 Å². The normalized spacial score (nSPS) is 14.5. The lowest BCUT2D eigenvalue weighted by Crippen LogP contribution is -2.24. The fourth-order valence-corrected chi connectivity index (χ4v) is 2.69. The number of fused-ring (bicyclic) bond motifs is 1. The number of benzene rings is 1. The van der Waals surface area contributed by atoms with Gasteiger partial charge in [-0.05, 0) is 36.1 Å². The Bertz CT molecular complexity index is 534. The zero-order valence-electron chi connectivity index (χ0n) is 11.4. The average molecular weight is 256 g/mol. The minimum atomic E-state index is 0.855. The van der Waals surface area contributed by atoms with Crippen LogP contribution >= 0.6 is 0 Å². The number of rotatable bonds is 4. The van der Waals surface area contributed by atoms with Crippen molar-refractivity contribution in [2.75, 3.05) is 18.5 Å². The number of nitrogens with one attached hydrogen (secondary N) is 1. The van der Waals surface area contributed by atoms with Gasteiger partial charge in [-0.1, -0.05) is 12.1 Å². The minimum Gasteiger partial charge on any atom is -0.472 e. The van der Waals surface area contributed by atoms with E-state index in [2.05, 4.69) is 35.5 Å². The lowest BCUT2D eigenvalue weighted by molar-refractivity contribution is 0.560. The summed E-state index contributed by atoms with van der Waals surface area (Å²) in [7, 11) is 2.18. The second-order valence-corrected chi connectivity index (χ2v) is 5.22. The highest BCUT2D eigenvalue weighted by molar-refractivity contribution is 5.56. The molecule has 0 unspecified atom stereocenters. The fraction of sp³-hybridized carbons (Fsp3) is 0.375. The third kappa shape index (κ3) is 2.82. The summed E-state index contributed by atoms with van der Waals surface area (Å²) in [4.78, 5) is 2.35. The molecule has 3 heteroatoms. The van der Waals surface area contributed by atoms with Crippen LogP contribution in [0.3, 0.4) is 0 Å². The number of hydrogen-bond acceptors (Lipinski definition) is 3. The molecule has 0 saturated carbocycles. The Kier molecular flexibility index (Phi) is 3.56. The van der Waals surface area contributed by atoms with E-state index in [4.69, 9.17) is 4.42 Å². The highest BCUT2D eigenvalue weighted by atomic mass is 16.3. The molecule has 0 bridgehead atoms. The van der Waals surface area contributed by atoms with E-state index >= 15 is 0 Å². The number of nitrogens with zero attached hydrogens (tertiary/aromatic N) is 1. The van der Waals surface area contributed by atoms with Crippen molar-refractivity contribution in [3.05, 3.63) is 53.5 Å². The molecule has 0 aliphatic carbocycles. The Labute approximate surface area is 114 Å². The predicted molar refractivity (Wildman–Crippen MR) is 77.3 cm³/mol. The van der Waals surface area contributed by atoms with Gasteiger partial charge in [0.1, 0.15) is 0 Å². The highest BCUT2D eigenvalue weighted by Crippen LogP contribution is 2.26. The SMILES string of the molecule is CN1CCCc2cc(CNCc3ccoc3)ccc21. The molecule has 0 atom stereocenters. The van der Waals surface area contributed by atoms with Crippen molar-refractivity contribution in [2.45, 2.75) is 25.9 Å². The van der Waals surface area contributed by atoms with Crippen molar-refractivity contribution < 1.29 is 4.42 Å². The average Bonchev–Trinajstić information content (AvgIpc) is 2.92. The standard InChI is InChI=1S/C16H20N2O/c1-18-7-2-3-15-9-13(4-5-16(15)18)10-17-11-14-6-8-19-12-14/h4-6,8-9,12,17H,2-3,7,10-11H2,1H3. The van der Waals surface area contributed by atoms with Crippen LogP contribution in [0.15, 0.2) is 41.2 Å². The van der Waals surface area contributed by atoms with E-state index in [-0.39, 0.29) is 0 Å². The molecule has 19 heavy (non-hydrogen) atoms. The number of anilines is 1. The maximum atomic E-state index is 5.06. The van der Waals surface area contributed by atoms with Crippen molar-refractivity contribution in [3.63, 3.8) is 0 Å². The molecule has 2 heterocycles. The summed E-state index contributed by atoms with van der Waals surface area (Å²) in [5.41, 5.74) is 5.43. The van der Waals surface area contributed by atoms with Gasteiger partial charge >= 0.3 is 0 Å². The van der Waals surface area contributed by atoms with Crippen molar-refractivity contribution >= 4 is 5.69 Å². The maximum absolute atomic E-state index is 5.06. The molecule has 1 aromatic heterocycles. The van der Waals surface area contributed by atoms with E-state index < -0.39 is 0 Å². The molecule has 0 fully saturated rings. The molecule has 3 nitrogen and oxygen atoms in total. The van der Waals surface area contributed by atoms with Crippen LogP contribution in [0.4, 0.5) is 5.69 Å². The molecule has 0 saturated heterocycles. The molecule has 100 valence electrons. The molecular formula is C16H20N2O. The van der Waals surface area contributed by atoms with Gasteiger partial charge in [0, 0.05) is 37.9 Å². The van der Waals surface area contributed by atoms with Crippen LogP contribution in [0.2, 0.25) is 0 Å². The summed E-state index contributed by atoms with van der Waals surface area (Å²) < 4.78 is 5.06. The molecule has 1 N–H and O–H groups in total. The topological polar surface area (TPSA) is 28.4 Å². The van der Waals surface area contributed by atoms with Crippen molar-refractivity contribution in [1.29, 1.82) is 0 Å². The Hall–Kier alpha value is -1.74. The molecule has 2 aromatic rings. The summed E-state index contributed by atoms with van der Waals surface area (Å²) in [5, 5.41) is 3.45. The van der Waals surface area contributed by atoms with E-state index in [9.17, 15) is 0 Å². The van der Waals surface area contributed by atoms with Gasteiger partial charge in [0.15, 0.2) is 0 Å². The van der Waals surface area contributed by atoms with Gasteiger partial charge < -0.3 is 14.6 Å². The van der Waals surface area contributed by atoms with Gasteiger partial charge in [-0.25, -0.2) is 0 Å². The first-order chi connectivity index (χ1) is 9.33. The smallest absolute Gasteiger partial charge is 0.0947 e. The third-order valence-electron chi connectivity index (χ3n) is 3.73. The van der Waals surface area contributed by atoms with Gasteiger partial charge in [-0.3, -0.25) is 0 Å². The third-order valence-corrected chi connectivity index (χ3v) is 3.73. The summed E-state index contributed by atoms with van der Waals surface area (Å²) in [6.45, 7) is 2.93. The molecule has 1 aliphatic heterocycles. The van der Waals surface area contributed by atoms with Gasteiger partial charge in [0.2, 0.25) is 0 Å². The molecule has 3 rings (SSSR count). The molecule has 0 spiro atoms. The first-order valence-electron chi connectivity index (χ1n) is 6.87. The zero-order valence-corrected chi connectivity index (χ0v) is 11.4. The predicted octanol–water partition coefficient (Wildman–Crippen LogP) is 2.95. The molecule has 1 aliphatic rings. The van der Waals surface area contributed by atoms with Crippen LogP contribution < -0.4 is 10.2 Å². The van der Waals surface area contributed by atoms with E-state index in [1.54, 1.807) is 12.5 Å². The summed E-state index contributed by atoms with van der Waals surface area (Å²) >= 11 is 0. The van der Waals surface area contributed by atoms with Gasteiger partial charge in [0.25, 0.3) is 0 Å². The van der Waals surface area contributed by atoms with Crippen molar-refractivity contribution in [3.8, 4) is 0 Å². The van der Waals surface area contributed by atoms with E-state index in [1.165, 1.54) is 41.8 Å². The number of hydrogen-bond donors (Lipinski definition) is 1. The Morgan fingerprint density at radius 2 is 2.11 bits per heavy atom. The quantitative estimate of drug-likeness (QED) is 0.911. The lowest BCUT2D eigenvalue weighted by Gasteiger charge is -2.27. The fourth-order valence-electron chi connectivity index (χ4n) is 2.69. The van der Waals surface area contributed by atoms with E-state index in [1.807, 2.05) is 6.07 Å². The van der Waals surface area contributed by atoms with Gasteiger partial charge in [-0.15, -0.1) is 0 Å². The first-order valence-corrected chi connectivity index (χ1v) is 6.87. The van der Waals surface area contributed by atoms with Gasteiger partial charge in [-0.2, -0.15) is 0 Å². The van der Waals surface area contributed by atoms with Crippen molar-refractivity contribution in [2.24, 2.45) is 0 Å². The van der Waals surface area contributed by atoms with Crippen LogP contribution in [0.1, 0.15) is 23.1 Å². The lowest BCUT2D eigenvalue weighted by atomic mass is 9.99. The van der Waals surface area contributed by atoms with E-state index in [0.717, 1.165) is 13.1 Å². The largest absolute Gasteiger partial charge is 0.472 e. The Balaban J connectivity index is 1.62. The minimum absolute atomic E-state index is 0.855. The van der Waals surface area contributed by atoms with Crippen LogP contribution in [0.25, 0.3) is 0 Å². The van der Waals surface area contributed by atoms with Crippen LogP contribution in [0, 0.1) is 0 Å². The number of furan rings is 1. The van der Waals surface area contributed by atoms with Crippen LogP contribution in [0.5, 0.6) is 0 Å². The monoisotopic (exact) mass is 256 g/mol. The maximum Gasteiger partial charge on any atom is 0.0947 e. The Morgan fingerprint density at radius 1 is 1.21 bits per heavy atom. The summed E-state index contributed by atoms with van der Waals surface area (Å²) in [6.07, 6.45) is 5.96. The molecule has 1 aromatic carbocycles. The second-order valence-electron chi connectivity index (χ2n) is 5.22. The summed E-state index contributed by atoms with van der Waals surface area (Å²) in [6, 6.07) is 8.81. The van der Waals surface area contributed by atoms with E-state index in [0.29, 0.717) is 0 Å². The Morgan fingerprint density at radius 3 is 2.95 bits per heavy atom. The highest BCUT2D eigenvalue weighted by Gasteiger charge is 2.13. The second kappa shape index (κ2) is 5.49. The molecular weight excluding hydrogens is 236 g/mol. The summed E-state index contributed by atoms with van der Waals surface area (Å²) in [5.74, 6) is 0. The zero-order chi connectivity index (χ0) is 13.1. The number of aryl methyl sites for hydroxylation is 1. The van der Waals surface area contributed by atoms with Crippen molar-refractivity contribution in [1.82, 2.24) is 5.32 Å². The molecule has 0 radical (unpaired) electrons. The van der Waals surface area contributed by atoms with Crippen LogP contribution in [-0.4, -0.2) is 13.6 Å². The first kappa shape index (κ1) is 12.3. The van der Waals surface area contributed by atoms with Gasteiger partial charge in [0.05, 0.1) is 12.5 Å².